The zero-order valence-corrected chi connectivity index (χ0v) is 12.1. The molecule has 1 N–H and O–H groups in total. The van der Waals surface area contributed by atoms with Crippen molar-refractivity contribution < 1.29 is 4.79 Å². The Morgan fingerprint density at radius 3 is 2.77 bits per heavy atom. The standard InChI is InChI=1S/C16H15N5O/c1-2-14-13(16(22)20-12-6-5-8-17-10-12)11-19-21(14)15-7-3-4-9-18-15/h3-11H,2H2,1H3,(H,20,22). The number of anilines is 1. The van der Waals surface area contributed by atoms with Gasteiger partial charge in [-0.05, 0) is 30.7 Å². The summed E-state index contributed by atoms with van der Waals surface area (Å²) in [7, 11) is 0. The first kappa shape index (κ1) is 13.9. The normalized spacial score (nSPS) is 10.4. The van der Waals surface area contributed by atoms with Gasteiger partial charge in [0, 0.05) is 12.4 Å². The second kappa shape index (κ2) is 6.17. The van der Waals surface area contributed by atoms with E-state index < -0.39 is 0 Å². The number of amides is 1. The van der Waals surface area contributed by atoms with Gasteiger partial charge in [0.25, 0.3) is 5.91 Å². The van der Waals surface area contributed by atoms with Gasteiger partial charge in [0.2, 0.25) is 0 Å². The molecule has 110 valence electrons. The number of rotatable bonds is 4. The fraction of sp³-hybridized carbons (Fsp3) is 0.125. The van der Waals surface area contributed by atoms with Crippen LogP contribution in [-0.4, -0.2) is 25.7 Å². The van der Waals surface area contributed by atoms with Gasteiger partial charge in [-0.1, -0.05) is 13.0 Å². The summed E-state index contributed by atoms with van der Waals surface area (Å²) in [6.45, 7) is 1.98. The van der Waals surface area contributed by atoms with Gasteiger partial charge in [0.05, 0.1) is 29.3 Å². The van der Waals surface area contributed by atoms with Gasteiger partial charge >= 0.3 is 0 Å². The molecule has 3 aromatic heterocycles. The van der Waals surface area contributed by atoms with E-state index in [1.54, 1.807) is 41.6 Å². The lowest BCUT2D eigenvalue weighted by Crippen LogP contribution is -2.14. The maximum atomic E-state index is 12.4. The van der Waals surface area contributed by atoms with Crippen LogP contribution >= 0.6 is 0 Å². The molecule has 1 amide bonds. The number of nitrogens with one attached hydrogen (secondary N) is 1. The van der Waals surface area contributed by atoms with Gasteiger partial charge in [-0.15, -0.1) is 0 Å². The molecule has 3 heterocycles. The van der Waals surface area contributed by atoms with Gasteiger partial charge in [-0.2, -0.15) is 5.10 Å². The monoisotopic (exact) mass is 293 g/mol. The highest BCUT2D eigenvalue weighted by Gasteiger charge is 2.17. The van der Waals surface area contributed by atoms with Crippen molar-refractivity contribution in [3.8, 4) is 5.82 Å². The summed E-state index contributed by atoms with van der Waals surface area (Å²) >= 11 is 0. The van der Waals surface area contributed by atoms with E-state index in [0.717, 1.165) is 5.69 Å². The average Bonchev–Trinajstić information content (AvgIpc) is 3.00. The van der Waals surface area contributed by atoms with Crippen LogP contribution < -0.4 is 5.32 Å². The van der Waals surface area contributed by atoms with Gasteiger partial charge in [0.15, 0.2) is 5.82 Å². The van der Waals surface area contributed by atoms with E-state index in [2.05, 4.69) is 20.4 Å². The van der Waals surface area contributed by atoms with Crippen LogP contribution in [0, 0.1) is 0 Å². The lowest BCUT2D eigenvalue weighted by atomic mass is 10.2. The molecule has 6 heteroatoms. The molecule has 0 saturated carbocycles. The highest BCUT2D eigenvalue weighted by Crippen LogP contribution is 2.16. The van der Waals surface area contributed by atoms with Gasteiger partial charge in [-0.3, -0.25) is 9.78 Å². The second-order valence-corrected chi connectivity index (χ2v) is 4.65. The summed E-state index contributed by atoms with van der Waals surface area (Å²) in [5, 5.41) is 7.12. The number of hydrogen-bond acceptors (Lipinski definition) is 4. The van der Waals surface area contributed by atoms with Crippen molar-refractivity contribution in [3.05, 3.63) is 66.4 Å². The Hall–Kier alpha value is -3.02. The Morgan fingerprint density at radius 1 is 1.18 bits per heavy atom. The van der Waals surface area contributed by atoms with Crippen LogP contribution in [0.25, 0.3) is 5.82 Å². The minimum atomic E-state index is -0.202. The van der Waals surface area contributed by atoms with E-state index in [1.807, 2.05) is 25.1 Å². The molecule has 0 atom stereocenters. The van der Waals surface area contributed by atoms with Gasteiger partial charge < -0.3 is 5.32 Å². The fourth-order valence-electron chi connectivity index (χ4n) is 2.22. The zero-order valence-electron chi connectivity index (χ0n) is 12.1. The minimum absolute atomic E-state index is 0.202. The van der Waals surface area contributed by atoms with Crippen molar-refractivity contribution in [2.75, 3.05) is 5.32 Å². The van der Waals surface area contributed by atoms with Crippen LogP contribution in [0.3, 0.4) is 0 Å². The van der Waals surface area contributed by atoms with Crippen molar-refractivity contribution in [2.45, 2.75) is 13.3 Å². The Kier molecular flexibility index (Phi) is 3.91. The molecule has 3 aromatic rings. The number of nitrogens with zero attached hydrogens (tertiary/aromatic N) is 4. The third-order valence-corrected chi connectivity index (χ3v) is 3.23. The lowest BCUT2D eigenvalue weighted by Gasteiger charge is -2.07. The van der Waals surface area contributed by atoms with E-state index in [0.29, 0.717) is 23.5 Å². The molecular weight excluding hydrogens is 278 g/mol. The number of hydrogen-bond donors (Lipinski definition) is 1. The first-order valence-corrected chi connectivity index (χ1v) is 6.99. The first-order chi connectivity index (χ1) is 10.8. The number of pyridine rings is 2. The highest BCUT2D eigenvalue weighted by atomic mass is 16.1. The van der Waals surface area contributed by atoms with E-state index in [1.165, 1.54) is 0 Å². The molecule has 0 radical (unpaired) electrons. The van der Waals surface area contributed by atoms with Crippen LogP contribution in [0.15, 0.2) is 55.1 Å². The third kappa shape index (κ3) is 2.71. The zero-order chi connectivity index (χ0) is 15.4. The largest absolute Gasteiger partial charge is 0.320 e. The maximum Gasteiger partial charge on any atom is 0.259 e. The van der Waals surface area contributed by atoms with Gasteiger partial charge in [-0.25, -0.2) is 9.67 Å². The lowest BCUT2D eigenvalue weighted by molar-refractivity contribution is 0.102. The van der Waals surface area contributed by atoms with Gasteiger partial charge in [0.1, 0.15) is 0 Å². The molecular formula is C16H15N5O. The van der Waals surface area contributed by atoms with Crippen LogP contribution in [0.4, 0.5) is 5.69 Å². The minimum Gasteiger partial charge on any atom is -0.320 e. The molecule has 3 rings (SSSR count). The molecule has 0 aliphatic rings. The number of aromatic nitrogens is 4. The van der Waals surface area contributed by atoms with Crippen molar-refractivity contribution in [1.82, 2.24) is 19.7 Å². The summed E-state index contributed by atoms with van der Waals surface area (Å²) in [4.78, 5) is 20.7. The topological polar surface area (TPSA) is 72.7 Å². The molecule has 0 saturated heterocycles. The second-order valence-electron chi connectivity index (χ2n) is 4.65. The van der Waals surface area contributed by atoms with E-state index >= 15 is 0 Å². The van der Waals surface area contributed by atoms with Crippen molar-refractivity contribution >= 4 is 11.6 Å². The summed E-state index contributed by atoms with van der Waals surface area (Å²) in [6.07, 6.45) is 7.20. The molecule has 0 aliphatic carbocycles. The predicted octanol–water partition coefficient (Wildman–Crippen LogP) is 2.48. The van der Waals surface area contributed by atoms with Crippen LogP contribution in [0.2, 0.25) is 0 Å². The van der Waals surface area contributed by atoms with Crippen molar-refractivity contribution in [1.29, 1.82) is 0 Å². The molecule has 0 aliphatic heterocycles. The summed E-state index contributed by atoms with van der Waals surface area (Å²) in [6, 6.07) is 9.15. The molecule has 22 heavy (non-hydrogen) atoms. The Bertz CT molecular complexity index is 768. The maximum absolute atomic E-state index is 12.4. The smallest absolute Gasteiger partial charge is 0.259 e. The van der Waals surface area contributed by atoms with Crippen molar-refractivity contribution in [2.24, 2.45) is 0 Å². The van der Waals surface area contributed by atoms with E-state index in [9.17, 15) is 4.79 Å². The van der Waals surface area contributed by atoms with Crippen LogP contribution in [0.5, 0.6) is 0 Å². The number of carbonyl (C=O) groups is 1. The van der Waals surface area contributed by atoms with Crippen molar-refractivity contribution in [3.63, 3.8) is 0 Å². The third-order valence-electron chi connectivity index (χ3n) is 3.23. The van der Waals surface area contributed by atoms with Crippen LogP contribution in [0.1, 0.15) is 23.0 Å². The molecule has 0 bridgehead atoms. The summed E-state index contributed by atoms with van der Waals surface area (Å²) in [5.41, 5.74) is 2.01. The summed E-state index contributed by atoms with van der Waals surface area (Å²) in [5.74, 6) is 0.492. The molecule has 0 unspecified atom stereocenters. The van der Waals surface area contributed by atoms with E-state index in [4.69, 9.17) is 0 Å². The van der Waals surface area contributed by atoms with Crippen LogP contribution in [-0.2, 0) is 6.42 Å². The predicted molar refractivity (Wildman–Crippen MR) is 82.9 cm³/mol. The Morgan fingerprint density at radius 2 is 2.09 bits per heavy atom. The molecule has 0 fully saturated rings. The average molecular weight is 293 g/mol. The SMILES string of the molecule is CCc1c(C(=O)Nc2cccnc2)cnn1-c1ccccn1. The molecule has 6 nitrogen and oxygen atoms in total. The molecule has 0 spiro atoms. The molecule has 0 aromatic carbocycles. The Balaban J connectivity index is 1.92. The first-order valence-electron chi connectivity index (χ1n) is 6.99. The summed E-state index contributed by atoms with van der Waals surface area (Å²) < 4.78 is 1.69. The number of carbonyl (C=O) groups excluding carboxylic acids is 1. The van der Waals surface area contributed by atoms with E-state index in [-0.39, 0.29) is 5.91 Å². The fourth-order valence-corrected chi connectivity index (χ4v) is 2.22. The highest BCUT2D eigenvalue weighted by molar-refractivity contribution is 6.04. The quantitative estimate of drug-likeness (QED) is 0.802. The Labute approximate surface area is 127 Å².